The lowest BCUT2D eigenvalue weighted by molar-refractivity contribution is -0.137. The molecule has 0 saturated heterocycles. The minimum Gasteiger partial charge on any atom is -0.455 e. The number of nitrogens with two attached hydrogens (primary N) is 1. The highest BCUT2D eigenvalue weighted by atomic mass is 35.5. The Balaban J connectivity index is 2.31. The number of ether oxygens (including phenoxy) is 1. The van der Waals surface area contributed by atoms with Crippen LogP contribution in [0.5, 0.6) is 11.5 Å². The number of hydrogen-bond donors (Lipinski definition) is 1. The molecule has 0 atom stereocenters. The molecule has 0 aromatic heterocycles. The highest BCUT2D eigenvalue weighted by Gasteiger charge is 2.31. The van der Waals surface area contributed by atoms with Crippen molar-refractivity contribution in [3.05, 3.63) is 53.1 Å². The fraction of sp³-hybridized carbons (Fsp3) is 0.0769. The van der Waals surface area contributed by atoms with Gasteiger partial charge in [-0.25, -0.2) is 0 Å². The van der Waals surface area contributed by atoms with E-state index in [1.165, 1.54) is 0 Å². The Kier molecular flexibility index (Phi) is 3.57. The van der Waals surface area contributed by atoms with Crippen LogP contribution in [-0.4, -0.2) is 0 Å². The summed E-state index contributed by atoms with van der Waals surface area (Å²) < 4.78 is 43.0. The summed E-state index contributed by atoms with van der Waals surface area (Å²) in [4.78, 5) is 0. The number of hydrogen-bond acceptors (Lipinski definition) is 2. The Bertz CT molecular complexity index is 581. The number of rotatable bonds is 2. The average molecular weight is 288 g/mol. The molecule has 2 N–H and O–H groups in total. The number of nitrogen functional groups attached to an aromatic ring is 1. The second-order valence-corrected chi connectivity index (χ2v) is 4.24. The van der Waals surface area contributed by atoms with Gasteiger partial charge in [-0.1, -0.05) is 11.6 Å². The lowest BCUT2D eigenvalue weighted by Gasteiger charge is -2.12. The van der Waals surface area contributed by atoms with Crippen molar-refractivity contribution in [3.63, 3.8) is 0 Å². The van der Waals surface area contributed by atoms with Gasteiger partial charge in [0.15, 0.2) is 5.75 Å². The molecular formula is C13H9ClF3NO. The molecule has 0 aliphatic heterocycles. The average Bonchev–Trinajstić information content (AvgIpc) is 2.33. The van der Waals surface area contributed by atoms with E-state index in [1.54, 1.807) is 24.3 Å². The Labute approximate surface area is 112 Å². The predicted molar refractivity (Wildman–Crippen MR) is 67.4 cm³/mol. The maximum absolute atomic E-state index is 12.6. The second kappa shape index (κ2) is 5.01. The molecule has 0 unspecified atom stereocenters. The first kappa shape index (κ1) is 13.5. The maximum Gasteiger partial charge on any atom is 0.416 e. The van der Waals surface area contributed by atoms with Gasteiger partial charge in [-0.2, -0.15) is 13.2 Å². The van der Waals surface area contributed by atoms with Crippen molar-refractivity contribution >= 4 is 17.3 Å². The van der Waals surface area contributed by atoms with Gasteiger partial charge in [0.05, 0.1) is 11.3 Å². The van der Waals surface area contributed by atoms with Crippen LogP contribution in [0.3, 0.4) is 0 Å². The van der Waals surface area contributed by atoms with E-state index < -0.39 is 11.7 Å². The number of benzene rings is 2. The van der Waals surface area contributed by atoms with Gasteiger partial charge in [-0.3, -0.25) is 0 Å². The van der Waals surface area contributed by atoms with E-state index in [9.17, 15) is 13.2 Å². The van der Waals surface area contributed by atoms with Crippen LogP contribution < -0.4 is 10.5 Å². The van der Waals surface area contributed by atoms with Crippen molar-refractivity contribution in [1.29, 1.82) is 0 Å². The standard InChI is InChI=1S/C13H9ClF3NO/c14-9-2-4-10(5-3-9)19-12-7-8(13(15,16)17)1-6-11(12)18/h1-7H,18H2. The Hall–Kier alpha value is -1.88. The van der Waals surface area contributed by atoms with E-state index in [4.69, 9.17) is 22.1 Å². The lowest BCUT2D eigenvalue weighted by atomic mass is 10.2. The molecule has 0 heterocycles. The highest BCUT2D eigenvalue weighted by molar-refractivity contribution is 6.30. The zero-order valence-electron chi connectivity index (χ0n) is 9.54. The van der Waals surface area contributed by atoms with E-state index in [-0.39, 0.29) is 11.4 Å². The van der Waals surface area contributed by atoms with Gasteiger partial charge in [-0.15, -0.1) is 0 Å². The summed E-state index contributed by atoms with van der Waals surface area (Å²) in [7, 11) is 0. The van der Waals surface area contributed by atoms with Gasteiger partial charge < -0.3 is 10.5 Å². The minimum absolute atomic E-state index is 0.0443. The summed E-state index contributed by atoms with van der Waals surface area (Å²) >= 11 is 5.70. The molecule has 2 aromatic carbocycles. The third kappa shape index (κ3) is 3.32. The third-order valence-corrected chi connectivity index (χ3v) is 2.63. The molecule has 2 nitrogen and oxygen atoms in total. The van der Waals surface area contributed by atoms with Crippen LogP contribution in [0.25, 0.3) is 0 Å². The monoisotopic (exact) mass is 287 g/mol. The molecular weight excluding hydrogens is 279 g/mol. The van der Waals surface area contributed by atoms with Gasteiger partial charge in [0.2, 0.25) is 0 Å². The van der Waals surface area contributed by atoms with Crippen LogP contribution in [0, 0.1) is 0 Å². The SMILES string of the molecule is Nc1ccc(C(F)(F)F)cc1Oc1ccc(Cl)cc1. The third-order valence-electron chi connectivity index (χ3n) is 2.38. The first-order chi connectivity index (χ1) is 8.86. The molecule has 0 aliphatic carbocycles. The van der Waals surface area contributed by atoms with Crippen molar-refractivity contribution in [2.45, 2.75) is 6.18 Å². The molecule has 0 saturated carbocycles. The second-order valence-electron chi connectivity index (χ2n) is 3.81. The van der Waals surface area contributed by atoms with E-state index in [2.05, 4.69) is 0 Å². The quantitative estimate of drug-likeness (QED) is 0.810. The summed E-state index contributed by atoms with van der Waals surface area (Å²) in [5, 5.41) is 0.504. The van der Waals surface area contributed by atoms with Crippen molar-refractivity contribution in [2.24, 2.45) is 0 Å². The summed E-state index contributed by atoms with van der Waals surface area (Å²) in [6, 6.07) is 9.16. The summed E-state index contributed by atoms with van der Waals surface area (Å²) in [5.74, 6) is 0.313. The zero-order valence-corrected chi connectivity index (χ0v) is 10.3. The molecule has 0 radical (unpaired) electrons. The molecule has 2 aromatic rings. The normalized spacial score (nSPS) is 11.4. The van der Waals surface area contributed by atoms with Crippen molar-refractivity contribution in [3.8, 4) is 11.5 Å². The minimum atomic E-state index is -4.44. The summed E-state index contributed by atoms with van der Waals surface area (Å²) in [6.07, 6.45) is -4.44. The van der Waals surface area contributed by atoms with Gasteiger partial charge in [-0.05, 0) is 42.5 Å². The van der Waals surface area contributed by atoms with Gasteiger partial charge in [0.25, 0.3) is 0 Å². The van der Waals surface area contributed by atoms with Crippen LogP contribution in [-0.2, 0) is 6.18 Å². The topological polar surface area (TPSA) is 35.2 Å². The Morgan fingerprint density at radius 1 is 1.00 bits per heavy atom. The van der Waals surface area contributed by atoms with Crippen molar-refractivity contribution < 1.29 is 17.9 Å². The predicted octanol–water partition coefficient (Wildman–Crippen LogP) is 4.73. The Morgan fingerprint density at radius 3 is 2.21 bits per heavy atom. The molecule has 0 spiro atoms. The zero-order chi connectivity index (χ0) is 14.0. The molecule has 0 amide bonds. The van der Waals surface area contributed by atoms with Gasteiger partial charge >= 0.3 is 6.18 Å². The summed E-state index contributed by atoms with van der Waals surface area (Å²) in [5.41, 5.74) is 4.91. The molecule has 0 bridgehead atoms. The van der Waals surface area contributed by atoms with E-state index in [0.29, 0.717) is 10.8 Å². The molecule has 19 heavy (non-hydrogen) atoms. The van der Waals surface area contributed by atoms with Crippen LogP contribution in [0.1, 0.15) is 5.56 Å². The number of halogens is 4. The van der Waals surface area contributed by atoms with Crippen LogP contribution in [0.15, 0.2) is 42.5 Å². The molecule has 6 heteroatoms. The smallest absolute Gasteiger partial charge is 0.416 e. The van der Waals surface area contributed by atoms with Gasteiger partial charge in [0, 0.05) is 5.02 Å². The van der Waals surface area contributed by atoms with Crippen LogP contribution in [0.2, 0.25) is 5.02 Å². The first-order valence-electron chi connectivity index (χ1n) is 5.26. The maximum atomic E-state index is 12.6. The van der Waals surface area contributed by atoms with Crippen molar-refractivity contribution in [1.82, 2.24) is 0 Å². The van der Waals surface area contributed by atoms with E-state index >= 15 is 0 Å². The van der Waals surface area contributed by atoms with Crippen LogP contribution in [0.4, 0.5) is 18.9 Å². The van der Waals surface area contributed by atoms with E-state index in [0.717, 1.165) is 18.2 Å². The molecule has 0 aliphatic rings. The molecule has 2 rings (SSSR count). The summed E-state index contributed by atoms with van der Waals surface area (Å²) in [6.45, 7) is 0. The fourth-order valence-corrected chi connectivity index (χ4v) is 1.55. The first-order valence-corrected chi connectivity index (χ1v) is 5.64. The molecule has 100 valence electrons. The number of anilines is 1. The fourth-order valence-electron chi connectivity index (χ4n) is 1.43. The van der Waals surface area contributed by atoms with Gasteiger partial charge in [0.1, 0.15) is 5.75 Å². The van der Waals surface area contributed by atoms with Crippen molar-refractivity contribution in [2.75, 3.05) is 5.73 Å². The largest absolute Gasteiger partial charge is 0.455 e. The highest BCUT2D eigenvalue weighted by Crippen LogP contribution is 2.36. The lowest BCUT2D eigenvalue weighted by Crippen LogP contribution is -2.05. The molecule has 0 fully saturated rings. The van der Waals surface area contributed by atoms with E-state index in [1.807, 2.05) is 0 Å². The van der Waals surface area contributed by atoms with Crippen LogP contribution >= 0.6 is 11.6 Å². The Morgan fingerprint density at radius 2 is 1.63 bits per heavy atom. The number of alkyl halides is 3.